The number of hydrogen-bond acceptors (Lipinski definition) is 0. The Balaban J connectivity index is 0.000000995. The minimum Gasteiger partial charge on any atom is 0 e. The van der Waals surface area contributed by atoms with Crippen molar-refractivity contribution in [2.45, 2.75) is 0 Å². The normalized spacial score (nSPS) is 9.16. The molecule has 5 rings (SSSR count). The van der Waals surface area contributed by atoms with Crippen molar-refractivity contribution in [1.29, 1.82) is 0 Å². The van der Waals surface area contributed by atoms with Crippen molar-refractivity contribution < 1.29 is 31.0 Å². The molecule has 1 atom stereocenters. The first-order chi connectivity index (χ1) is 20.8. The summed E-state index contributed by atoms with van der Waals surface area (Å²) in [5.74, 6) is 0. The zero-order valence-electron chi connectivity index (χ0n) is 22.8. The summed E-state index contributed by atoms with van der Waals surface area (Å²) >= 11 is 2.65. The summed E-state index contributed by atoms with van der Waals surface area (Å²) in [6.45, 7) is 20.1. The minimum atomic E-state index is -0.567. The van der Waals surface area contributed by atoms with Crippen molar-refractivity contribution >= 4 is 59.7 Å². The Morgan fingerprint density at radius 3 is 1.37 bits per heavy atom. The summed E-state index contributed by atoms with van der Waals surface area (Å²) in [7, 11) is -1.13. The van der Waals surface area contributed by atoms with Gasteiger partial charge in [-0.2, -0.15) is 18.2 Å². The molecule has 5 aromatic rings. The van der Waals surface area contributed by atoms with Crippen molar-refractivity contribution in [3.63, 3.8) is 0 Å². The molecule has 0 aliphatic heterocycles. The summed E-state index contributed by atoms with van der Waals surface area (Å²) in [6.07, 6.45) is 0. The Bertz CT molecular complexity index is 1530. The number of rotatable bonds is 5. The smallest absolute Gasteiger partial charge is 0 e. The Labute approximate surface area is 280 Å². The molecule has 0 fully saturated rings. The molecule has 1 radical (unpaired) electrons. The number of para-hydroxylation sites is 1. The molecule has 0 heterocycles. The predicted octanol–water partition coefficient (Wildman–Crippen LogP) is 8.88. The van der Waals surface area contributed by atoms with Gasteiger partial charge in [-0.25, -0.2) is 4.85 Å². The third-order valence-electron chi connectivity index (χ3n) is 5.31. The molecular formula is C35H25IMnNO3P2-. The van der Waals surface area contributed by atoms with Gasteiger partial charge in [0.15, 0.2) is 5.69 Å². The van der Waals surface area contributed by atoms with Gasteiger partial charge < -0.3 is 0 Å². The molecule has 8 heteroatoms. The van der Waals surface area contributed by atoms with E-state index in [0.717, 1.165) is 0 Å². The van der Waals surface area contributed by atoms with E-state index in [4.69, 9.17) is 20.5 Å². The van der Waals surface area contributed by atoms with Crippen LogP contribution in [0.5, 0.6) is 0 Å². The molecule has 1 unspecified atom stereocenters. The van der Waals surface area contributed by atoms with Crippen molar-refractivity contribution in [1.82, 2.24) is 0 Å². The largest absolute Gasteiger partial charge is 0 e. The van der Waals surface area contributed by atoms with Gasteiger partial charge in [0.05, 0.1) is 6.57 Å². The molecular weight excluding hydrogens is 726 g/mol. The summed E-state index contributed by atoms with van der Waals surface area (Å²) in [5, 5.41) is 4.23. The first kappa shape index (κ1) is 39.8. The van der Waals surface area contributed by atoms with E-state index in [0.29, 0.717) is 5.69 Å². The number of nitrogens with zero attached hydrogens (tertiary/aromatic N) is 1. The van der Waals surface area contributed by atoms with Gasteiger partial charge in [-0.15, -0.1) is 20.1 Å². The van der Waals surface area contributed by atoms with Crippen LogP contribution in [0.4, 0.5) is 5.69 Å². The molecule has 0 spiro atoms. The molecule has 43 heavy (non-hydrogen) atoms. The molecule has 4 nitrogen and oxygen atoms in total. The first-order valence-electron chi connectivity index (χ1n) is 12.1. The van der Waals surface area contributed by atoms with Crippen molar-refractivity contribution in [2.24, 2.45) is 0 Å². The summed E-state index contributed by atoms with van der Waals surface area (Å²) in [6, 6.07) is 53.1. The number of benzene rings is 5. The van der Waals surface area contributed by atoms with Crippen LogP contribution in [-0.2, 0) is 31.0 Å². The molecule has 0 saturated carbocycles. The molecule has 5 aromatic carbocycles. The van der Waals surface area contributed by atoms with Gasteiger partial charge in [0.25, 0.3) is 0 Å². The van der Waals surface area contributed by atoms with Crippen LogP contribution in [0.3, 0.4) is 0 Å². The maximum Gasteiger partial charge on any atom is 0 e. The van der Waals surface area contributed by atoms with Crippen molar-refractivity contribution in [3.8, 4) is 0 Å². The van der Waals surface area contributed by atoms with Gasteiger partial charge in [-0.1, -0.05) is 109 Å². The molecule has 213 valence electrons. The number of halogens is 1. The van der Waals surface area contributed by atoms with E-state index in [1.54, 1.807) is 12.1 Å². The Hall–Kier alpha value is -3.21. The topological polar surface area (TPSA) is 64.1 Å². The van der Waals surface area contributed by atoms with Crippen LogP contribution < -0.4 is 15.9 Å². The van der Waals surface area contributed by atoms with Crippen LogP contribution in [0.1, 0.15) is 0 Å². The maximum atomic E-state index is 7.50. The summed E-state index contributed by atoms with van der Waals surface area (Å²) in [4.78, 5) is 4.63. The quantitative estimate of drug-likeness (QED) is 0.0567. The average molecular weight is 751 g/mol. The van der Waals surface area contributed by atoms with E-state index >= 15 is 0 Å². The Kier molecular flexibility index (Phi) is 23.4. The fourth-order valence-corrected chi connectivity index (χ4v) is 12.5. The zero-order chi connectivity index (χ0) is 31.0. The van der Waals surface area contributed by atoms with Gasteiger partial charge in [-0.05, 0) is 33.7 Å². The summed E-state index contributed by atoms with van der Waals surface area (Å²) < 4.78 is 24.0. The predicted molar refractivity (Wildman–Crippen MR) is 179 cm³/mol. The van der Waals surface area contributed by atoms with Gasteiger partial charge in [-0.3, -0.25) is 22.6 Å². The van der Waals surface area contributed by atoms with Crippen LogP contribution in [0, 0.1) is 34.9 Å². The molecule has 0 bridgehead atoms. The third kappa shape index (κ3) is 13.3. The third-order valence-corrected chi connectivity index (χ3v) is 13.4. The minimum absolute atomic E-state index is 0. The second-order valence-corrected chi connectivity index (χ2v) is 15.2. The molecule has 0 aliphatic rings. The second-order valence-electron chi connectivity index (χ2n) is 7.73. The number of hydrogen-bond donors (Lipinski definition) is 0. The monoisotopic (exact) mass is 751 g/mol. The Morgan fingerprint density at radius 2 is 1.00 bits per heavy atom. The first-order valence-corrected chi connectivity index (χ1v) is 15.9. The second kappa shape index (κ2) is 25.3. The van der Waals surface area contributed by atoms with Crippen molar-refractivity contribution in [2.75, 3.05) is 0 Å². The molecule has 0 aliphatic carbocycles. The van der Waals surface area contributed by atoms with Gasteiger partial charge in [0, 0.05) is 22.0 Å². The molecule has 0 saturated heterocycles. The van der Waals surface area contributed by atoms with Crippen LogP contribution in [0.25, 0.3) is 4.85 Å². The molecule has 0 N–H and O–H groups in total. The fraction of sp³-hybridized carbons (Fsp3) is 0. The zero-order valence-corrected chi connectivity index (χ0v) is 27.9. The average Bonchev–Trinajstić information content (AvgIpc) is 3.10. The summed E-state index contributed by atoms with van der Waals surface area (Å²) in [5.41, 5.74) is 0.701. The Morgan fingerprint density at radius 1 is 0.605 bits per heavy atom. The van der Waals surface area contributed by atoms with Crippen LogP contribution >= 0.6 is 38.1 Å². The van der Waals surface area contributed by atoms with E-state index in [1.165, 1.54) is 24.3 Å². The molecule has 0 aromatic heterocycles. The van der Waals surface area contributed by atoms with Crippen LogP contribution in [-0.4, -0.2) is 0 Å². The molecule has 0 amide bonds. The fourth-order valence-electron chi connectivity index (χ4n) is 3.64. The van der Waals surface area contributed by atoms with Gasteiger partial charge in [0.2, 0.25) is 0 Å². The van der Waals surface area contributed by atoms with Crippen molar-refractivity contribution in [3.05, 3.63) is 191 Å². The standard InChI is InChI=1S/C25H20IP2.C7H5N.3CO.Mn/c26-25(27(21-13-5-1-6-14-21)22-15-7-2-8-16-22)28(23-17-9-3-10-18-23)24-19-11-4-12-20-24;1-8-7-5-3-2-4-6-7;3*1-2;/h1-20H;2-6H;;;;/q-1;;;;;. The van der Waals surface area contributed by atoms with E-state index in [2.05, 4.69) is 169 Å². The van der Waals surface area contributed by atoms with Gasteiger partial charge in [0.1, 0.15) is 5.30 Å². The van der Waals surface area contributed by atoms with Crippen LogP contribution in [0.15, 0.2) is 152 Å². The van der Waals surface area contributed by atoms with E-state index in [9.17, 15) is 0 Å². The SMILES string of the molecule is I[C-](P(c1ccccc1)c1ccccc1)[P+](c1ccccc1)=c1cccc[cH-]1.[C-]#[N+]c1ccccc1.[C-]#[O+].[C-]#[O+].[C-]#[O+].[Mn]. The van der Waals surface area contributed by atoms with E-state index < -0.39 is 15.5 Å². The maximum absolute atomic E-state index is 7.50. The van der Waals surface area contributed by atoms with E-state index in [-0.39, 0.29) is 17.1 Å². The van der Waals surface area contributed by atoms with Gasteiger partial charge >= 0.3 is 33.9 Å². The van der Waals surface area contributed by atoms with Crippen LogP contribution in [0.2, 0.25) is 0 Å². The van der Waals surface area contributed by atoms with E-state index in [1.807, 2.05) is 18.2 Å².